The second kappa shape index (κ2) is 14.0. The molecule has 5 atom stereocenters. The van der Waals surface area contributed by atoms with E-state index in [4.69, 9.17) is 4.74 Å². The van der Waals surface area contributed by atoms with Crippen molar-refractivity contribution in [3.8, 4) is 0 Å². The van der Waals surface area contributed by atoms with Gasteiger partial charge in [0.15, 0.2) is 0 Å². The third-order valence-corrected chi connectivity index (χ3v) is 9.58. The van der Waals surface area contributed by atoms with Gasteiger partial charge in [-0.2, -0.15) is 0 Å². The summed E-state index contributed by atoms with van der Waals surface area (Å²) < 4.78 is 6.99. The topological polar surface area (TPSA) is 90.4 Å². The van der Waals surface area contributed by atoms with Crippen LogP contribution >= 0.6 is 0 Å². The average molecular weight is 580 g/mol. The van der Waals surface area contributed by atoms with Gasteiger partial charge in [0.25, 0.3) is 0 Å². The summed E-state index contributed by atoms with van der Waals surface area (Å²) in [6, 6.07) is 8.71. The van der Waals surface area contributed by atoms with Crippen molar-refractivity contribution < 1.29 is 24.2 Å². The summed E-state index contributed by atoms with van der Waals surface area (Å²) >= 11 is 0. The number of nitrogens with zero attached hydrogens (tertiary/aromatic N) is 3. The summed E-state index contributed by atoms with van der Waals surface area (Å²) in [5.74, 6) is -1.82. The number of para-hydroxylation sites is 1. The maximum Gasteiger partial charge on any atom is 0.248 e. The number of unbranched alkanes of at least 4 members (excludes halogenated alkanes) is 4. The highest BCUT2D eigenvalue weighted by Gasteiger charge is 2.79. The van der Waals surface area contributed by atoms with Crippen LogP contribution in [0.4, 0.5) is 5.69 Å². The lowest BCUT2D eigenvalue weighted by molar-refractivity contribution is -0.152. The summed E-state index contributed by atoms with van der Waals surface area (Å²) in [5.41, 5.74) is -1.09. The lowest BCUT2D eigenvalue weighted by atomic mass is 9.64. The van der Waals surface area contributed by atoms with E-state index >= 15 is 0 Å². The van der Waals surface area contributed by atoms with Crippen LogP contribution in [0.25, 0.3) is 0 Å². The number of hydrogen-bond donors (Lipinski definition) is 1. The molecule has 3 saturated heterocycles. The molecule has 1 N–H and O–H groups in total. The van der Waals surface area contributed by atoms with E-state index in [1.165, 1.54) is 0 Å². The molecular formula is C34H49N3O5. The Morgan fingerprint density at radius 2 is 1.74 bits per heavy atom. The van der Waals surface area contributed by atoms with Crippen LogP contribution in [0.1, 0.15) is 71.6 Å². The molecule has 1 aromatic rings. The highest BCUT2D eigenvalue weighted by atomic mass is 16.5. The molecule has 0 aromatic heterocycles. The Balaban J connectivity index is 1.75. The van der Waals surface area contributed by atoms with E-state index in [0.717, 1.165) is 37.8 Å². The molecular weight excluding hydrogens is 530 g/mol. The number of benzene rings is 1. The van der Waals surface area contributed by atoms with E-state index in [1.807, 2.05) is 42.2 Å². The molecule has 2 bridgehead atoms. The fraction of sp³-hybridized carbons (Fsp3) is 0.618. The van der Waals surface area contributed by atoms with Crippen LogP contribution in [-0.2, 0) is 19.1 Å². The Morgan fingerprint density at radius 1 is 1.02 bits per heavy atom. The van der Waals surface area contributed by atoms with Gasteiger partial charge in [0.05, 0.1) is 17.4 Å². The third kappa shape index (κ3) is 5.68. The summed E-state index contributed by atoms with van der Waals surface area (Å²) in [6.45, 7) is 13.7. The van der Waals surface area contributed by atoms with Gasteiger partial charge in [-0.25, -0.2) is 0 Å². The van der Waals surface area contributed by atoms with Crippen molar-refractivity contribution in [2.45, 2.75) is 88.9 Å². The Labute approximate surface area is 251 Å². The van der Waals surface area contributed by atoms with E-state index in [2.05, 4.69) is 20.1 Å². The van der Waals surface area contributed by atoms with Gasteiger partial charge in [-0.3, -0.25) is 14.4 Å². The molecule has 230 valence electrons. The quantitative estimate of drug-likeness (QED) is 0.213. The molecule has 0 radical (unpaired) electrons. The van der Waals surface area contributed by atoms with Crippen molar-refractivity contribution >= 4 is 23.4 Å². The lowest BCUT2D eigenvalue weighted by Crippen LogP contribution is -2.56. The molecule has 3 amide bonds. The molecule has 3 heterocycles. The molecule has 3 aliphatic heterocycles. The number of carbonyl (C=O) groups is 3. The molecule has 0 aliphatic carbocycles. The smallest absolute Gasteiger partial charge is 0.248 e. The standard InChI is InChI=1S/C34H49N3O5/c1-5-9-23-35(21-6-2)32(41)29-34-20-19-33(8-4,42-34)27(28(34)31(40)37(29)24-15-10-11-16-25-38)30(39)36(22-7-3)26-17-13-12-14-18-26/h6-7,12-14,17-18,27-29,38H,2-3,5,8-11,15-16,19-25H2,1,4H3/t27-,28+,29?,33+,34?/m1/s1. The van der Waals surface area contributed by atoms with Gasteiger partial charge < -0.3 is 24.5 Å². The minimum Gasteiger partial charge on any atom is -0.396 e. The maximum absolute atomic E-state index is 14.6. The number of aliphatic hydroxyl groups excluding tert-OH is 1. The molecule has 2 unspecified atom stereocenters. The number of hydrogen-bond acceptors (Lipinski definition) is 5. The zero-order chi connectivity index (χ0) is 30.3. The van der Waals surface area contributed by atoms with E-state index in [0.29, 0.717) is 51.9 Å². The van der Waals surface area contributed by atoms with Gasteiger partial charge in [0, 0.05) is 38.5 Å². The maximum atomic E-state index is 14.6. The number of carbonyl (C=O) groups excluding carboxylic acids is 3. The first-order chi connectivity index (χ1) is 20.4. The summed E-state index contributed by atoms with van der Waals surface area (Å²) in [6.07, 6.45) is 10.2. The van der Waals surface area contributed by atoms with Crippen LogP contribution < -0.4 is 4.90 Å². The summed E-state index contributed by atoms with van der Waals surface area (Å²) in [4.78, 5) is 48.8. The molecule has 8 nitrogen and oxygen atoms in total. The minimum atomic E-state index is -1.04. The molecule has 1 aromatic carbocycles. The SMILES string of the molecule is C=CCN(CCCC)C(=O)C1N(CCCCCCO)C(=O)[C@@H]2[C@H](C(=O)N(CC=C)c3ccccc3)[C@]3(CC)CCC12O3. The average Bonchev–Trinajstić information content (AvgIpc) is 3.61. The van der Waals surface area contributed by atoms with Crippen LogP contribution in [0, 0.1) is 11.8 Å². The fourth-order valence-electron chi connectivity index (χ4n) is 7.56. The van der Waals surface area contributed by atoms with Crippen LogP contribution in [0.15, 0.2) is 55.6 Å². The second-order valence-corrected chi connectivity index (χ2v) is 12.0. The zero-order valence-corrected chi connectivity index (χ0v) is 25.5. The molecule has 3 aliphatic rings. The van der Waals surface area contributed by atoms with Crippen molar-refractivity contribution in [3.63, 3.8) is 0 Å². The van der Waals surface area contributed by atoms with Crippen LogP contribution in [0.5, 0.6) is 0 Å². The van der Waals surface area contributed by atoms with E-state index in [-0.39, 0.29) is 24.3 Å². The predicted molar refractivity (Wildman–Crippen MR) is 165 cm³/mol. The fourth-order valence-corrected chi connectivity index (χ4v) is 7.56. The highest BCUT2D eigenvalue weighted by Crippen LogP contribution is 2.64. The molecule has 0 saturated carbocycles. The number of ether oxygens (including phenoxy) is 1. The van der Waals surface area contributed by atoms with Crippen molar-refractivity contribution in [3.05, 3.63) is 55.6 Å². The van der Waals surface area contributed by atoms with Gasteiger partial charge in [-0.15, -0.1) is 13.2 Å². The Kier molecular flexibility index (Phi) is 10.7. The zero-order valence-electron chi connectivity index (χ0n) is 25.5. The van der Waals surface area contributed by atoms with Gasteiger partial charge in [-0.1, -0.05) is 63.5 Å². The van der Waals surface area contributed by atoms with Crippen molar-refractivity contribution in [2.24, 2.45) is 11.8 Å². The van der Waals surface area contributed by atoms with Crippen molar-refractivity contribution in [1.82, 2.24) is 9.80 Å². The van der Waals surface area contributed by atoms with Gasteiger partial charge in [0.1, 0.15) is 11.6 Å². The van der Waals surface area contributed by atoms with Gasteiger partial charge in [0.2, 0.25) is 17.7 Å². The molecule has 1 spiro atoms. The first kappa shape index (κ1) is 32.0. The Bertz CT molecular complexity index is 1130. The summed E-state index contributed by atoms with van der Waals surface area (Å²) in [5, 5.41) is 9.21. The highest BCUT2D eigenvalue weighted by molar-refractivity contribution is 6.03. The molecule has 8 heteroatoms. The predicted octanol–water partition coefficient (Wildman–Crippen LogP) is 4.73. The van der Waals surface area contributed by atoms with E-state index in [1.54, 1.807) is 22.0 Å². The van der Waals surface area contributed by atoms with Crippen molar-refractivity contribution in [2.75, 3.05) is 37.7 Å². The minimum absolute atomic E-state index is 0.111. The van der Waals surface area contributed by atoms with E-state index in [9.17, 15) is 19.5 Å². The number of rotatable bonds is 17. The number of aliphatic hydroxyl groups is 1. The van der Waals surface area contributed by atoms with Gasteiger partial charge in [-0.05, 0) is 50.7 Å². The van der Waals surface area contributed by atoms with Gasteiger partial charge >= 0.3 is 0 Å². The summed E-state index contributed by atoms with van der Waals surface area (Å²) in [7, 11) is 0. The van der Waals surface area contributed by atoms with Crippen LogP contribution in [-0.4, -0.2) is 82.7 Å². The van der Waals surface area contributed by atoms with E-state index < -0.39 is 29.1 Å². The normalized spacial score (nSPS) is 27.6. The number of anilines is 1. The van der Waals surface area contributed by atoms with Crippen LogP contribution in [0.3, 0.4) is 0 Å². The third-order valence-electron chi connectivity index (χ3n) is 9.58. The number of likely N-dealkylation sites (tertiary alicyclic amines) is 1. The molecule has 42 heavy (non-hydrogen) atoms. The molecule has 3 fully saturated rings. The first-order valence-electron chi connectivity index (χ1n) is 15.8. The largest absolute Gasteiger partial charge is 0.396 e. The Morgan fingerprint density at radius 3 is 2.38 bits per heavy atom. The Hall–Kier alpha value is -2.97. The number of fused-ring (bicyclic) bond motifs is 1. The lowest BCUT2D eigenvalue weighted by Gasteiger charge is -2.37. The number of amides is 3. The van der Waals surface area contributed by atoms with Crippen LogP contribution in [0.2, 0.25) is 0 Å². The first-order valence-corrected chi connectivity index (χ1v) is 15.8. The second-order valence-electron chi connectivity index (χ2n) is 12.0. The monoisotopic (exact) mass is 579 g/mol. The van der Waals surface area contributed by atoms with Crippen molar-refractivity contribution in [1.29, 1.82) is 0 Å². The molecule has 4 rings (SSSR count).